The Morgan fingerprint density at radius 1 is 1.43 bits per heavy atom. The zero-order valence-electron chi connectivity index (χ0n) is 11.8. The van der Waals surface area contributed by atoms with Crippen LogP contribution in [0.3, 0.4) is 0 Å². The highest BCUT2D eigenvalue weighted by Crippen LogP contribution is 2.39. The average molecular weight is 321 g/mol. The molecule has 3 rings (SSSR count). The van der Waals surface area contributed by atoms with Gasteiger partial charge in [-0.2, -0.15) is 0 Å². The minimum Gasteiger partial charge on any atom is -0.455 e. The first-order valence-corrected chi connectivity index (χ1v) is 7.95. The van der Waals surface area contributed by atoms with Gasteiger partial charge in [0.1, 0.15) is 5.75 Å². The molecule has 1 heterocycles. The van der Waals surface area contributed by atoms with Crippen molar-refractivity contribution in [2.45, 2.75) is 33.0 Å². The molecule has 1 unspecified atom stereocenters. The van der Waals surface area contributed by atoms with Crippen LogP contribution >= 0.6 is 23.6 Å². The molecule has 0 saturated carbocycles. The van der Waals surface area contributed by atoms with E-state index in [0.29, 0.717) is 0 Å². The summed E-state index contributed by atoms with van der Waals surface area (Å²) in [6.07, 6.45) is 1.24. The highest BCUT2D eigenvalue weighted by molar-refractivity contribution is 7.73. The normalized spacial score (nSPS) is 14.0. The molecule has 1 aromatic heterocycles. The average Bonchev–Trinajstić information content (AvgIpc) is 2.78. The van der Waals surface area contributed by atoms with Crippen molar-refractivity contribution in [1.82, 2.24) is 4.98 Å². The highest BCUT2D eigenvalue weighted by atomic mass is 32.1. The molecule has 0 spiro atoms. The highest BCUT2D eigenvalue weighted by Gasteiger charge is 2.22. The summed E-state index contributed by atoms with van der Waals surface area (Å²) in [4.78, 5) is 15.5. The van der Waals surface area contributed by atoms with E-state index in [1.54, 1.807) is 18.3 Å². The first-order valence-electron chi connectivity index (χ1n) is 6.72. The lowest BCUT2D eigenvalue weighted by Gasteiger charge is -2.21. The number of rotatable bonds is 3. The number of carbonyl (C=O) groups excluding carboxylic acids is 1. The van der Waals surface area contributed by atoms with Crippen molar-refractivity contribution >= 4 is 29.5 Å². The molecule has 2 aromatic rings. The SMILES string of the molecule is CC(=O)OC(C)Oc1cccc2c1CCc1sc(=S)[nH]c1-2. The topological polar surface area (TPSA) is 51.3 Å². The minimum atomic E-state index is -0.601. The fourth-order valence-corrected chi connectivity index (χ4v) is 3.84. The monoisotopic (exact) mass is 321 g/mol. The van der Waals surface area contributed by atoms with Gasteiger partial charge in [0, 0.05) is 29.9 Å². The van der Waals surface area contributed by atoms with Gasteiger partial charge in [-0.15, -0.1) is 11.3 Å². The number of hydrogen-bond acceptors (Lipinski definition) is 5. The third kappa shape index (κ3) is 2.87. The van der Waals surface area contributed by atoms with Crippen LogP contribution in [0.1, 0.15) is 24.3 Å². The molecule has 0 fully saturated rings. The summed E-state index contributed by atoms with van der Waals surface area (Å²) in [5.74, 6) is 0.411. The molecule has 6 heteroatoms. The number of carbonyl (C=O) groups is 1. The summed E-state index contributed by atoms with van der Waals surface area (Å²) in [5.41, 5.74) is 3.35. The Balaban J connectivity index is 1.96. The molecule has 0 aliphatic heterocycles. The van der Waals surface area contributed by atoms with Crippen molar-refractivity contribution in [3.63, 3.8) is 0 Å². The molecule has 0 bridgehead atoms. The number of hydrogen-bond donors (Lipinski definition) is 1. The van der Waals surface area contributed by atoms with Crippen LogP contribution in [0.4, 0.5) is 0 Å². The van der Waals surface area contributed by atoms with E-state index >= 15 is 0 Å². The lowest BCUT2D eigenvalue weighted by Crippen LogP contribution is -2.20. The quantitative estimate of drug-likeness (QED) is 0.530. The Labute approximate surface area is 131 Å². The van der Waals surface area contributed by atoms with E-state index in [4.69, 9.17) is 21.7 Å². The smallest absolute Gasteiger partial charge is 0.305 e. The summed E-state index contributed by atoms with van der Waals surface area (Å²) in [6.45, 7) is 3.09. The number of nitrogens with one attached hydrogen (secondary N) is 1. The number of benzene rings is 1. The molecule has 0 amide bonds. The number of aromatic nitrogens is 1. The molecular formula is C15H15NO3S2. The van der Waals surface area contributed by atoms with Crippen LogP contribution in [0.15, 0.2) is 18.2 Å². The summed E-state index contributed by atoms with van der Waals surface area (Å²) in [5, 5.41) is 0. The zero-order valence-corrected chi connectivity index (χ0v) is 13.4. The van der Waals surface area contributed by atoms with E-state index in [0.717, 1.165) is 39.4 Å². The van der Waals surface area contributed by atoms with Gasteiger partial charge in [0.05, 0.1) is 5.69 Å². The lowest BCUT2D eigenvalue weighted by atomic mass is 9.93. The first kappa shape index (κ1) is 14.3. The van der Waals surface area contributed by atoms with Gasteiger partial charge in [-0.3, -0.25) is 4.79 Å². The van der Waals surface area contributed by atoms with Crippen LogP contribution in [0.5, 0.6) is 5.75 Å². The maximum absolute atomic E-state index is 11.0. The molecule has 21 heavy (non-hydrogen) atoms. The summed E-state index contributed by atoms with van der Waals surface area (Å²) >= 11 is 6.87. The van der Waals surface area contributed by atoms with E-state index < -0.39 is 6.29 Å². The predicted molar refractivity (Wildman–Crippen MR) is 84.2 cm³/mol. The second-order valence-corrected chi connectivity index (χ2v) is 6.66. The second-order valence-electron chi connectivity index (χ2n) is 4.89. The van der Waals surface area contributed by atoms with Gasteiger partial charge in [0.2, 0.25) is 6.29 Å². The first-order chi connectivity index (χ1) is 10.0. The number of aromatic amines is 1. The van der Waals surface area contributed by atoms with Gasteiger partial charge in [0.25, 0.3) is 0 Å². The van der Waals surface area contributed by atoms with Crippen molar-refractivity contribution in [3.05, 3.63) is 32.6 Å². The lowest BCUT2D eigenvalue weighted by molar-refractivity contribution is -0.158. The molecule has 110 valence electrons. The maximum Gasteiger partial charge on any atom is 0.305 e. The van der Waals surface area contributed by atoms with E-state index in [2.05, 4.69) is 11.1 Å². The third-order valence-electron chi connectivity index (χ3n) is 3.35. The number of H-pyrrole nitrogens is 1. The Bertz CT molecular complexity index is 748. The summed E-state index contributed by atoms with van der Waals surface area (Å²) < 4.78 is 11.6. The van der Waals surface area contributed by atoms with Gasteiger partial charge in [-0.05, 0) is 31.1 Å². The van der Waals surface area contributed by atoms with Crippen molar-refractivity contribution < 1.29 is 14.3 Å². The van der Waals surface area contributed by atoms with Gasteiger partial charge in [-0.1, -0.05) is 12.1 Å². The third-order valence-corrected chi connectivity index (χ3v) is 4.65. The molecule has 1 atom stereocenters. The fourth-order valence-electron chi connectivity index (χ4n) is 2.60. The largest absolute Gasteiger partial charge is 0.455 e. The maximum atomic E-state index is 11.0. The number of esters is 1. The standard InChI is InChI=1S/C15H15NO3S2/c1-8(17)18-9(2)19-12-5-3-4-11-10(12)6-7-13-14(11)16-15(20)21-13/h3-5,9H,6-7H2,1-2H3,(H,16,20). The van der Waals surface area contributed by atoms with Gasteiger partial charge in [0.15, 0.2) is 3.95 Å². The Kier molecular flexibility index (Phi) is 3.82. The Morgan fingerprint density at radius 2 is 2.24 bits per heavy atom. The fraction of sp³-hybridized carbons (Fsp3) is 0.333. The van der Waals surface area contributed by atoms with E-state index in [-0.39, 0.29) is 5.97 Å². The van der Waals surface area contributed by atoms with Crippen LogP contribution in [0.25, 0.3) is 11.3 Å². The van der Waals surface area contributed by atoms with Gasteiger partial charge >= 0.3 is 5.97 Å². The van der Waals surface area contributed by atoms with Crippen molar-refractivity contribution in [3.8, 4) is 17.0 Å². The Hall–Kier alpha value is -1.66. The molecular weight excluding hydrogens is 306 g/mol. The van der Waals surface area contributed by atoms with Crippen molar-refractivity contribution in [1.29, 1.82) is 0 Å². The molecule has 1 aliphatic rings. The number of thiazole rings is 1. The number of fused-ring (bicyclic) bond motifs is 3. The van der Waals surface area contributed by atoms with Crippen molar-refractivity contribution in [2.75, 3.05) is 0 Å². The van der Waals surface area contributed by atoms with Crippen LogP contribution in [-0.4, -0.2) is 17.2 Å². The molecule has 1 N–H and O–H groups in total. The summed E-state index contributed by atoms with van der Waals surface area (Å²) in [7, 11) is 0. The molecule has 0 radical (unpaired) electrons. The minimum absolute atomic E-state index is 0.350. The molecule has 1 aromatic carbocycles. The second kappa shape index (κ2) is 5.61. The number of ether oxygens (including phenoxy) is 2. The predicted octanol–water partition coefficient (Wildman–Crippen LogP) is 3.86. The molecule has 4 nitrogen and oxygen atoms in total. The van der Waals surface area contributed by atoms with E-state index in [1.165, 1.54) is 11.8 Å². The van der Waals surface area contributed by atoms with Crippen molar-refractivity contribution in [2.24, 2.45) is 0 Å². The molecule has 1 aliphatic carbocycles. The van der Waals surface area contributed by atoms with Crippen LogP contribution in [0.2, 0.25) is 0 Å². The van der Waals surface area contributed by atoms with E-state index in [9.17, 15) is 4.79 Å². The van der Waals surface area contributed by atoms with Crippen LogP contribution < -0.4 is 4.74 Å². The van der Waals surface area contributed by atoms with Gasteiger partial charge < -0.3 is 14.5 Å². The number of aryl methyl sites for hydroxylation is 1. The summed E-state index contributed by atoms with van der Waals surface area (Å²) in [6, 6.07) is 5.91. The van der Waals surface area contributed by atoms with E-state index in [1.807, 2.05) is 12.1 Å². The van der Waals surface area contributed by atoms with Crippen LogP contribution in [0, 0.1) is 3.95 Å². The Morgan fingerprint density at radius 3 is 3.00 bits per heavy atom. The zero-order chi connectivity index (χ0) is 15.0. The van der Waals surface area contributed by atoms with Gasteiger partial charge in [-0.25, -0.2) is 0 Å². The molecule has 0 saturated heterocycles. The van der Waals surface area contributed by atoms with Crippen LogP contribution in [-0.2, 0) is 22.4 Å².